The first-order valence-corrected chi connectivity index (χ1v) is 33.8. The van der Waals surface area contributed by atoms with Crippen molar-refractivity contribution in [2.45, 2.75) is 59.1 Å². The van der Waals surface area contributed by atoms with E-state index in [-0.39, 0.29) is 46.5 Å². The molecule has 0 amide bonds. The number of azo groups is 2. The molecule has 2 aromatic heterocycles. The van der Waals surface area contributed by atoms with Crippen LogP contribution in [0.4, 0.5) is 81.2 Å². The lowest BCUT2D eigenvalue weighted by Gasteiger charge is -2.23. The first kappa shape index (κ1) is 71.1. The molecule has 0 aliphatic heterocycles. The number of carboxylic acid groups (broad SMARTS) is 4. The molecule has 7 aromatic carbocycles. The molecule has 0 fully saturated rings. The van der Waals surface area contributed by atoms with Crippen molar-refractivity contribution in [2.75, 3.05) is 45.0 Å². The van der Waals surface area contributed by atoms with Gasteiger partial charge < -0.3 is 89.9 Å². The monoisotopic (exact) mass is 1430 g/mol. The number of hydrogen-bond acceptors (Lipinski definition) is 32. The van der Waals surface area contributed by atoms with Gasteiger partial charge in [-0.15, -0.1) is 10.2 Å². The highest BCUT2D eigenvalue weighted by Gasteiger charge is 2.31. The van der Waals surface area contributed by atoms with Crippen molar-refractivity contribution in [1.29, 1.82) is 0 Å². The van der Waals surface area contributed by atoms with Gasteiger partial charge in [0.25, 0.3) is 20.2 Å². The summed E-state index contributed by atoms with van der Waals surface area (Å²) in [7, 11) is -20.1. The van der Waals surface area contributed by atoms with Crippen molar-refractivity contribution in [2.24, 2.45) is 20.5 Å². The van der Waals surface area contributed by atoms with Crippen LogP contribution in [0.2, 0.25) is 0 Å². The fraction of sp³-hybridized carbons (Fsp3) is 0.143. The van der Waals surface area contributed by atoms with Crippen LogP contribution in [0.5, 0.6) is 11.5 Å². The maximum Gasteiger partial charge on any atom is 0.335 e. The Morgan fingerprint density at radius 1 is 0.408 bits per heavy atom. The third-order valence-electron chi connectivity index (χ3n) is 13.6. The second kappa shape index (κ2) is 28.7. The number of phenolic OH excluding ortho intramolecular Hbond substituents is 2. The summed E-state index contributed by atoms with van der Waals surface area (Å²) in [5.41, 5.74) is -5.05. The molecule has 42 heteroatoms. The van der Waals surface area contributed by atoms with Gasteiger partial charge in [0.2, 0.25) is 35.7 Å². The second-order valence-electron chi connectivity index (χ2n) is 20.7. The average Bonchev–Trinajstić information content (AvgIpc) is 0.753. The van der Waals surface area contributed by atoms with E-state index in [2.05, 4.69) is 82.3 Å². The number of benzene rings is 7. The highest BCUT2D eigenvalue weighted by atomic mass is 32.3. The van der Waals surface area contributed by atoms with Crippen LogP contribution in [0.1, 0.15) is 81.0 Å². The van der Waals surface area contributed by atoms with E-state index in [1.54, 1.807) is 0 Å². The van der Waals surface area contributed by atoms with Gasteiger partial charge in [0.05, 0.1) is 64.6 Å². The van der Waals surface area contributed by atoms with Crippen LogP contribution in [-0.4, -0.2) is 151 Å². The van der Waals surface area contributed by atoms with E-state index in [0.717, 1.165) is 85.6 Å². The summed E-state index contributed by atoms with van der Waals surface area (Å²) in [4.78, 5) is 70.2. The molecule has 0 atom stereocenters. The molecule has 0 radical (unpaired) electrons. The van der Waals surface area contributed by atoms with Crippen LogP contribution >= 0.6 is 21.7 Å². The molecule has 9 rings (SSSR count). The predicted molar refractivity (Wildman–Crippen MR) is 353 cm³/mol. The number of aromatic nitrogens is 6. The largest absolute Gasteiger partial charge is 0.505 e. The number of nitrogens with one attached hydrogen (secondary N) is 6. The summed E-state index contributed by atoms with van der Waals surface area (Å²) in [5, 5.41) is 93.5. The van der Waals surface area contributed by atoms with Crippen LogP contribution in [0.15, 0.2) is 137 Å². The number of anilines is 10. The zero-order chi connectivity index (χ0) is 71.3. The number of phenols is 2. The number of rotatable bonds is 28. The number of carbonyl (C=O) groups is 4. The van der Waals surface area contributed by atoms with E-state index in [4.69, 9.17) is 0 Å². The molecule has 9 aromatic rings. The Balaban J connectivity index is 1.07. The number of aromatic hydroxyl groups is 2. The lowest BCUT2D eigenvalue weighted by molar-refractivity contribution is 0.0676. The van der Waals surface area contributed by atoms with Crippen molar-refractivity contribution < 1.29 is 103 Å². The number of carboxylic acids is 4. The quantitative estimate of drug-likeness (QED) is 0.0123. The Morgan fingerprint density at radius 2 is 0.714 bits per heavy atom. The molecule has 0 bridgehead atoms. The van der Waals surface area contributed by atoms with Crippen LogP contribution in [0, 0.1) is 0 Å². The maximum absolute atomic E-state index is 12.7. The number of nitrogens with zero attached hydrogens (tertiary/aromatic N) is 10. The zero-order valence-corrected chi connectivity index (χ0v) is 53.4. The highest BCUT2D eigenvalue weighted by Crippen LogP contribution is 2.57. The summed E-state index contributed by atoms with van der Waals surface area (Å²) in [6.07, 6.45) is 2.68. The number of unbranched alkanes of at least 4 members (excludes halogenated alkanes) is 2. The Kier molecular flexibility index (Phi) is 20.8. The Hall–Kier alpha value is -11.2. The molecule has 38 nitrogen and oxygen atoms in total. The van der Waals surface area contributed by atoms with E-state index >= 15 is 0 Å². The SMILES string of the molecule is CCCCNc1nc(Nc2ccc(Nc3nc(NCCCC)nc(Nc4cc(S(=O)(=O)O)cc5cc(S(O)(O)O)c(N=Nc6cc(C(=O)O)cc(C(=O)O)c6)c(O)c45)n3)cc2)nc(Nc2cc(S(=O)(=O)O)cc3cc(S(O)(O)O)c(N=Nc4cc(C(=O)O)cc(C(=O)O)c4)c(O)c23)n1. The molecule has 0 aliphatic carbocycles. The topological polar surface area (TPSA) is 619 Å². The van der Waals surface area contributed by atoms with Crippen LogP contribution in [-0.2, 0) is 20.2 Å². The van der Waals surface area contributed by atoms with Crippen molar-refractivity contribution >= 4 is 169 Å². The van der Waals surface area contributed by atoms with Gasteiger partial charge in [-0.1, -0.05) is 26.7 Å². The number of fused-ring (bicyclic) bond motifs is 2. The van der Waals surface area contributed by atoms with Gasteiger partial charge in [-0.3, -0.25) is 9.11 Å². The smallest absolute Gasteiger partial charge is 0.335 e. The van der Waals surface area contributed by atoms with Gasteiger partial charge in [0.1, 0.15) is 33.1 Å². The molecule has 2 heterocycles. The lowest BCUT2D eigenvalue weighted by Crippen LogP contribution is -2.11. The first-order valence-electron chi connectivity index (χ1n) is 28.0. The van der Waals surface area contributed by atoms with Gasteiger partial charge in [-0.2, -0.15) is 57.0 Å². The highest BCUT2D eigenvalue weighted by molar-refractivity contribution is 8.19. The summed E-state index contributed by atoms with van der Waals surface area (Å²) in [6.45, 7) is 4.46. The molecule has 20 N–H and O–H groups in total. The minimum Gasteiger partial charge on any atom is -0.505 e. The van der Waals surface area contributed by atoms with Crippen molar-refractivity contribution in [1.82, 2.24) is 29.9 Å². The van der Waals surface area contributed by atoms with Gasteiger partial charge >= 0.3 is 23.9 Å². The third kappa shape index (κ3) is 17.1. The normalized spacial score (nSPS) is 12.4. The Labute approximate surface area is 554 Å². The summed E-state index contributed by atoms with van der Waals surface area (Å²) >= 11 is 0. The zero-order valence-electron chi connectivity index (χ0n) is 50.1. The summed E-state index contributed by atoms with van der Waals surface area (Å²) < 4.78 is 135. The van der Waals surface area contributed by atoms with E-state index in [0.29, 0.717) is 37.3 Å². The van der Waals surface area contributed by atoms with E-state index in [1.807, 2.05) is 13.8 Å². The van der Waals surface area contributed by atoms with Crippen molar-refractivity contribution in [3.8, 4) is 11.5 Å². The minimum atomic E-state index is -5.12. The van der Waals surface area contributed by atoms with Gasteiger partial charge in [-0.25, -0.2) is 19.2 Å². The predicted octanol–water partition coefficient (Wildman–Crippen LogP) is 12.5. The summed E-state index contributed by atoms with van der Waals surface area (Å²) in [5.74, 6) is -9.55. The lowest BCUT2D eigenvalue weighted by atomic mass is 10.1. The molecular weight excluding hydrogens is 1380 g/mol. The number of aromatic carboxylic acids is 4. The van der Waals surface area contributed by atoms with Crippen molar-refractivity contribution in [3.63, 3.8) is 0 Å². The van der Waals surface area contributed by atoms with E-state index < -0.39 is 164 Å². The van der Waals surface area contributed by atoms with Crippen LogP contribution in [0.25, 0.3) is 21.5 Å². The fourth-order valence-corrected chi connectivity index (χ4v) is 11.5. The second-order valence-corrected chi connectivity index (χ2v) is 26.5. The van der Waals surface area contributed by atoms with E-state index in [1.165, 1.54) is 24.3 Å². The molecule has 514 valence electrons. The fourth-order valence-electron chi connectivity index (χ4n) is 9.10. The van der Waals surface area contributed by atoms with Gasteiger partial charge in [0, 0.05) is 35.2 Å². The van der Waals surface area contributed by atoms with E-state index in [9.17, 15) is 103 Å². The maximum atomic E-state index is 12.7. The van der Waals surface area contributed by atoms with Gasteiger partial charge in [0.15, 0.2) is 11.5 Å². The molecule has 0 spiro atoms. The van der Waals surface area contributed by atoms with Crippen LogP contribution in [0.3, 0.4) is 0 Å². The summed E-state index contributed by atoms with van der Waals surface area (Å²) in [6, 6.07) is 16.2. The van der Waals surface area contributed by atoms with Crippen molar-refractivity contribution in [3.05, 3.63) is 119 Å². The molecule has 0 saturated heterocycles. The number of hydrogen-bond donors (Lipinski definition) is 20. The minimum absolute atomic E-state index is 0.0699. The molecule has 0 saturated carbocycles. The molecule has 98 heavy (non-hydrogen) atoms. The third-order valence-corrected chi connectivity index (χ3v) is 17.0. The van der Waals surface area contributed by atoms with Gasteiger partial charge in [-0.05, 0) is 121 Å². The average molecular weight is 1430 g/mol. The molecule has 0 unspecified atom stereocenters. The standard InChI is InChI=1S/C56H54N16O22S4/c1-3-5-11-57-51-63-53(67-55(65-51)61-37-23-35(95(83,84)85)19-25-21-39(97(89,90)91)43(45(73)41(25)37)71-69-33-15-27(47(75)76)13-28(16-33)48(77)78)59-31-7-9-32(10-8-31)60-54-64-52(58-12-6-4-2)66-56(68-54)62-38-24-36(96(86,87)88)20-26-22-40(98(92,93)94)44(46(74)42(26)38)72-70-34-17-29(49(79)80)14-30(18-34)50(81)82/h7-10,13-24,73-74,89-94H,3-6,11-12H2,1-2H3,(H,75,76)(H,77,78)(H,79,80)(H,81,82)(H,83,84,85)(H,86,87,88)(H3,57,59,61,63,65,67)(H3,58,60,62,64,66,68). The van der Waals surface area contributed by atoms with Crippen LogP contribution < -0.4 is 31.9 Å². The molecule has 0 aliphatic rings. The first-order chi connectivity index (χ1) is 46.1. The Morgan fingerprint density at radius 3 is 1.00 bits per heavy atom. The Bertz CT molecular complexity index is 4630. The molecular formula is C56H54N16O22S4.